The van der Waals surface area contributed by atoms with Crippen LogP contribution in [0.15, 0.2) is 23.2 Å². The molecular formula is C15H23N3O4S. The second kappa shape index (κ2) is 7.12. The van der Waals surface area contributed by atoms with Crippen LogP contribution >= 0.6 is 0 Å². The van der Waals surface area contributed by atoms with E-state index in [1.54, 1.807) is 29.7 Å². The first kappa shape index (κ1) is 16.6. The standard InChI is InChI=1S/C15H23N3O4S/c1-21-12-13-11-17(8-9-22-13)15-10-14(4-5-16-15)23(19,20)18-6-2-3-7-18/h4-5,10,13H,2-3,6-9,11-12H2,1H3/t13-/m0/s1. The molecule has 23 heavy (non-hydrogen) atoms. The zero-order chi connectivity index (χ0) is 16.3. The molecule has 0 aromatic carbocycles. The topological polar surface area (TPSA) is 72.0 Å². The van der Waals surface area contributed by atoms with E-state index in [1.165, 1.54) is 0 Å². The number of rotatable bonds is 5. The third kappa shape index (κ3) is 3.65. The molecular weight excluding hydrogens is 318 g/mol. The molecule has 0 aliphatic carbocycles. The molecule has 1 aromatic heterocycles. The fourth-order valence-electron chi connectivity index (χ4n) is 3.02. The third-order valence-corrected chi connectivity index (χ3v) is 6.13. The van der Waals surface area contributed by atoms with Gasteiger partial charge in [-0.3, -0.25) is 0 Å². The van der Waals surface area contributed by atoms with Crippen LogP contribution < -0.4 is 4.90 Å². The van der Waals surface area contributed by atoms with Crippen molar-refractivity contribution in [3.8, 4) is 0 Å². The van der Waals surface area contributed by atoms with Gasteiger partial charge >= 0.3 is 0 Å². The molecule has 1 aromatic rings. The molecule has 8 heteroatoms. The SMILES string of the molecule is COC[C@@H]1CN(c2cc(S(=O)(=O)N3CCCC3)ccn2)CCO1. The Morgan fingerprint density at radius 3 is 2.87 bits per heavy atom. The summed E-state index contributed by atoms with van der Waals surface area (Å²) < 4.78 is 37.7. The zero-order valence-electron chi connectivity index (χ0n) is 13.3. The van der Waals surface area contributed by atoms with E-state index in [0.29, 0.717) is 50.1 Å². The van der Waals surface area contributed by atoms with Crippen LogP contribution in [-0.2, 0) is 19.5 Å². The minimum Gasteiger partial charge on any atom is -0.382 e. The summed E-state index contributed by atoms with van der Waals surface area (Å²) in [5.41, 5.74) is 0. The number of anilines is 1. The molecule has 2 fully saturated rings. The lowest BCUT2D eigenvalue weighted by Gasteiger charge is -2.33. The molecule has 2 saturated heterocycles. The Bertz CT molecular complexity index is 629. The average Bonchev–Trinajstić information content (AvgIpc) is 3.11. The van der Waals surface area contributed by atoms with Crippen LogP contribution in [0.1, 0.15) is 12.8 Å². The Balaban J connectivity index is 1.79. The number of nitrogens with zero attached hydrogens (tertiary/aromatic N) is 3. The van der Waals surface area contributed by atoms with Crippen molar-refractivity contribution in [2.45, 2.75) is 23.8 Å². The molecule has 2 aliphatic rings. The normalized spacial score (nSPS) is 23.3. The van der Waals surface area contributed by atoms with Crippen molar-refractivity contribution in [2.75, 3.05) is 51.4 Å². The predicted octanol–water partition coefficient (Wildman–Crippen LogP) is 0.718. The van der Waals surface area contributed by atoms with Gasteiger partial charge in [-0.25, -0.2) is 13.4 Å². The van der Waals surface area contributed by atoms with Crippen molar-refractivity contribution in [3.05, 3.63) is 18.3 Å². The van der Waals surface area contributed by atoms with Gasteiger partial charge in [0.1, 0.15) is 5.82 Å². The van der Waals surface area contributed by atoms with Crippen molar-refractivity contribution in [1.29, 1.82) is 0 Å². The molecule has 0 unspecified atom stereocenters. The van der Waals surface area contributed by atoms with E-state index < -0.39 is 10.0 Å². The number of methoxy groups -OCH3 is 1. The largest absolute Gasteiger partial charge is 0.382 e. The van der Waals surface area contributed by atoms with Crippen LogP contribution in [0.25, 0.3) is 0 Å². The Morgan fingerprint density at radius 2 is 2.13 bits per heavy atom. The number of hydrogen-bond donors (Lipinski definition) is 0. The van der Waals surface area contributed by atoms with Crippen LogP contribution in [0.5, 0.6) is 0 Å². The summed E-state index contributed by atoms with van der Waals surface area (Å²) in [4.78, 5) is 6.71. The molecule has 0 N–H and O–H groups in total. The molecule has 3 heterocycles. The quantitative estimate of drug-likeness (QED) is 0.786. The first-order valence-electron chi connectivity index (χ1n) is 7.93. The average molecular weight is 341 g/mol. The molecule has 3 rings (SSSR count). The highest BCUT2D eigenvalue weighted by Crippen LogP contribution is 2.24. The Labute approximate surface area is 137 Å². The van der Waals surface area contributed by atoms with Gasteiger partial charge in [0, 0.05) is 45.6 Å². The van der Waals surface area contributed by atoms with Crippen molar-refractivity contribution >= 4 is 15.8 Å². The lowest BCUT2D eigenvalue weighted by atomic mass is 10.3. The fourth-order valence-corrected chi connectivity index (χ4v) is 4.55. The van der Waals surface area contributed by atoms with Gasteiger partial charge in [0.2, 0.25) is 10.0 Å². The highest BCUT2D eigenvalue weighted by molar-refractivity contribution is 7.89. The van der Waals surface area contributed by atoms with Gasteiger partial charge in [-0.2, -0.15) is 4.31 Å². The molecule has 1 atom stereocenters. The molecule has 0 radical (unpaired) electrons. The number of morpholine rings is 1. The highest BCUT2D eigenvalue weighted by atomic mass is 32.2. The van der Waals surface area contributed by atoms with Crippen molar-refractivity contribution < 1.29 is 17.9 Å². The van der Waals surface area contributed by atoms with E-state index in [0.717, 1.165) is 12.8 Å². The lowest BCUT2D eigenvalue weighted by Crippen LogP contribution is -2.44. The monoisotopic (exact) mass is 341 g/mol. The van der Waals surface area contributed by atoms with Crippen molar-refractivity contribution in [3.63, 3.8) is 0 Å². The summed E-state index contributed by atoms with van der Waals surface area (Å²) in [6.07, 6.45) is 3.41. The number of hydrogen-bond acceptors (Lipinski definition) is 6. The van der Waals surface area contributed by atoms with Crippen molar-refractivity contribution in [1.82, 2.24) is 9.29 Å². The fraction of sp³-hybridized carbons (Fsp3) is 0.667. The summed E-state index contributed by atoms with van der Waals surface area (Å²) >= 11 is 0. The van der Waals surface area contributed by atoms with Gasteiger partial charge in [-0.05, 0) is 18.9 Å². The van der Waals surface area contributed by atoms with E-state index in [9.17, 15) is 8.42 Å². The summed E-state index contributed by atoms with van der Waals surface area (Å²) in [5.74, 6) is 0.676. The molecule has 0 saturated carbocycles. The minimum absolute atomic E-state index is 0.0191. The molecule has 0 amide bonds. The summed E-state index contributed by atoms with van der Waals surface area (Å²) in [6, 6.07) is 3.24. The maximum Gasteiger partial charge on any atom is 0.243 e. The maximum atomic E-state index is 12.7. The number of ether oxygens (including phenoxy) is 2. The van der Waals surface area contributed by atoms with Gasteiger partial charge in [0.15, 0.2) is 0 Å². The number of pyridine rings is 1. The summed E-state index contributed by atoms with van der Waals surface area (Å²) in [6.45, 7) is 3.65. The van der Waals surface area contributed by atoms with Gasteiger partial charge in [0.25, 0.3) is 0 Å². The first-order valence-corrected chi connectivity index (χ1v) is 9.37. The Kier molecular flexibility index (Phi) is 5.15. The smallest absolute Gasteiger partial charge is 0.243 e. The van der Waals surface area contributed by atoms with Crippen LogP contribution in [0.4, 0.5) is 5.82 Å². The first-order chi connectivity index (χ1) is 11.1. The van der Waals surface area contributed by atoms with Crippen LogP contribution in [0.2, 0.25) is 0 Å². The molecule has 0 spiro atoms. The summed E-state index contributed by atoms with van der Waals surface area (Å²) in [7, 11) is -1.77. The molecule has 2 aliphatic heterocycles. The highest BCUT2D eigenvalue weighted by Gasteiger charge is 2.28. The van der Waals surface area contributed by atoms with E-state index >= 15 is 0 Å². The van der Waals surface area contributed by atoms with Gasteiger partial charge in [-0.15, -0.1) is 0 Å². The second-order valence-electron chi connectivity index (χ2n) is 5.86. The van der Waals surface area contributed by atoms with E-state index in [1.807, 2.05) is 0 Å². The van der Waals surface area contributed by atoms with Gasteiger partial charge in [0.05, 0.1) is 24.2 Å². The van der Waals surface area contributed by atoms with Crippen LogP contribution in [0.3, 0.4) is 0 Å². The van der Waals surface area contributed by atoms with E-state index in [-0.39, 0.29) is 6.10 Å². The van der Waals surface area contributed by atoms with Gasteiger partial charge < -0.3 is 14.4 Å². The van der Waals surface area contributed by atoms with Crippen LogP contribution in [0, 0.1) is 0 Å². The predicted molar refractivity (Wildman–Crippen MR) is 86.1 cm³/mol. The van der Waals surface area contributed by atoms with Crippen molar-refractivity contribution in [2.24, 2.45) is 0 Å². The number of sulfonamides is 1. The number of aromatic nitrogens is 1. The van der Waals surface area contributed by atoms with Gasteiger partial charge in [-0.1, -0.05) is 0 Å². The molecule has 7 nitrogen and oxygen atoms in total. The second-order valence-corrected chi connectivity index (χ2v) is 7.79. The third-order valence-electron chi connectivity index (χ3n) is 4.24. The minimum atomic E-state index is -3.41. The lowest BCUT2D eigenvalue weighted by molar-refractivity contribution is -0.0102. The maximum absolute atomic E-state index is 12.7. The molecule has 0 bridgehead atoms. The van der Waals surface area contributed by atoms with E-state index in [4.69, 9.17) is 9.47 Å². The Morgan fingerprint density at radius 1 is 1.35 bits per heavy atom. The zero-order valence-corrected chi connectivity index (χ0v) is 14.2. The van der Waals surface area contributed by atoms with Crippen LogP contribution in [-0.4, -0.2) is 70.3 Å². The van der Waals surface area contributed by atoms with E-state index in [2.05, 4.69) is 9.88 Å². The summed E-state index contributed by atoms with van der Waals surface area (Å²) in [5, 5.41) is 0. The molecule has 128 valence electrons. The Hall–Kier alpha value is -1.22.